The van der Waals surface area contributed by atoms with E-state index in [1.165, 1.54) is 12.1 Å². The smallest absolute Gasteiger partial charge is 0.310 e. The number of nitro benzene ring substituents is 1. The number of para-hydroxylation sites is 2. The lowest BCUT2D eigenvalue weighted by Gasteiger charge is -2.15. The molecule has 1 atom stereocenters. The van der Waals surface area contributed by atoms with Crippen molar-refractivity contribution in [1.29, 1.82) is 0 Å². The fraction of sp³-hybridized carbons (Fsp3) is 0.417. The summed E-state index contributed by atoms with van der Waals surface area (Å²) >= 11 is 0. The van der Waals surface area contributed by atoms with Crippen molar-refractivity contribution in [3.8, 4) is 5.75 Å². The molecule has 1 fully saturated rings. The second kappa shape index (κ2) is 5.66. The number of benzene rings is 1. The molecule has 0 unspecified atom stereocenters. The van der Waals surface area contributed by atoms with Crippen molar-refractivity contribution in [2.24, 2.45) is 5.73 Å². The Kier molecular flexibility index (Phi) is 3.96. The molecule has 1 amide bonds. The first-order valence-electron chi connectivity index (χ1n) is 5.97. The monoisotopic (exact) mass is 265 g/mol. The van der Waals surface area contributed by atoms with Crippen LogP contribution < -0.4 is 10.5 Å². The van der Waals surface area contributed by atoms with Gasteiger partial charge in [-0.05, 0) is 12.5 Å². The van der Waals surface area contributed by atoms with Gasteiger partial charge in [0, 0.05) is 25.2 Å². The highest BCUT2D eigenvalue weighted by atomic mass is 16.6. The molecular formula is C12H15N3O4. The average Bonchev–Trinajstić information content (AvgIpc) is 2.83. The van der Waals surface area contributed by atoms with Crippen molar-refractivity contribution in [3.05, 3.63) is 34.4 Å². The van der Waals surface area contributed by atoms with Gasteiger partial charge in [-0.1, -0.05) is 12.1 Å². The lowest BCUT2D eigenvalue weighted by molar-refractivity contribution is -0.385. The Morgan fingerprint density at radius 3 is 2.89 bits per heavy atom. The predicted molar refractivity (Wildman–Crippen MR) is 67.8 cm³/mol. The van der Waals surface area contributed by atoms with E-state index in [2.05, 4.69) is 0 Å². The number of hydrogen-bond donors (Lipinski definition) is 1. The topological polar surface area (TPSA) is 98.7 Å². The van der Waals surface area contributed by atoms with Gasteiger partial charge >= 0.3 is 5.69 Å². The number of hydrogen-bond acceptors (Lipinski definition) is 5. The SMILES string of the molecule is N[C@@H]1CCN(C(=O)COc2ccccc2[N+](=O)[O-])C1. The number of nitro groups is 1. The van der Waals surface area contributed by atoms with E-state index in [0.29, 0.717) is 13.1 Å². The molecule has 0 saturated carbocycles. The number of amides is 1. The van der Waals surface area contributed by atoms with Crippen LogP contribution in [0.4, 0.5) is 5.69 Å². The summed E-state index contributed by atoms with van der Waals surface area (Å²) in [5.41, 5.74) is 5.57. The summed E-state index contributed by atoms with van der Waals surface area (Å²) in [5, 5.41) is 10.8. The van der Waals surface area contributed by atoms with Gasteiger partial charge < -0.3 is 15.4 Å². The van der Waals surface area contributed by atoms with Gasteiger partial charge in [0.1, 0.15) is 0 Å². The summed E-state index contributed by atoms with van der Waals surface area (Å²) in [7, 11) is 0. The molecule has 0 aromatic heterocycles. The van der Waals surface area contributed by atoms with Crippen LogP contribution in [0.15, 0.2) is 24.3 Å². The molecule has 1 heterocycles. The fourth-order valence-electron chi connectivity index (χ4n) is 1.97. The van der Waals surface area contributed by atoms with Crippen LogP contribution in [-0.4, -0.2) is 41.5 Å². The zero-order valence-corrected chi connectivity index (χ0v) is 10.3. The highest BCUT2D eigenvalue weighted by Gasteiger charge is 2.24. The third-order valence-electron chi connectivity index (χ3n) is 2.99. The molecule has 2 N–H and O–H groups in total. The Balaban J connectivity index is 1.95. The Morgan fingerprint density at radius 2 is 2.26 bits per heavy atom. The van der Waals surface area contributed by atoms with E-state index >= 15 is 0 Å². The molecule has 1 aliphatic rings. The van der Waals surface area contributed by atoms with Crippen molar-refractivity contribution in [2.75, 3.05) is 19.7 Å². The van der Waals surface area contributed by atoms with Gasteiger partial charge in [0.25, 0.3) is 5.91 Å². The minimum Gasteiger partial charge on any atom is -0.477 e. The highest BCUT2D eigenvalue weighted by Crippen LogP contribution is 2.25. The van der Waals surface area contributed by atoms with Gasteiger partial charge in [0.15, 0.2) is 12.4 Å². The predicted octanol–water partition coefficient (Wildman–Crippen LogP) is 0.533. The zero-order valence-electron chi connectivity index (χ0n) is 10.3. The Hall–Kier alpha value is -2.15. The van der Waals surface area contributed by atoms with Crippen LogP contribution >= 0.6 is 0 Å². The van der Waals surface area contributed by atoms with Crippen molar-refractivity contribution < 1.29 is 14.5 Å². The van der Waals surface area contributed by atoms with Gasteiger partial charge in [-0.15, -0.1) is 0 Å². The van der Waals surface area contributed by atoms with E-state index in [9.17, 15) is 14.9 Å². The number of carbonyl (C=O) groups is 1. The third kappa shape index (κ3) is 3.19. The summed E-state index contributed by atoms with van der Waals surface area (Å²) in [6.07, 6.45) is 0.775. The summed E-state index contributed by atoms with van der Waals surface area (Å²) < 4.78 is 5.23. The van der Waals surface area contributed by atoms with Gasteiger partial charge in [0.2, 0.25) is 0 Å². The van der Waals surface area contributed by atoms with Crippen LogP contribution in [0.5, 0.6) is 5.75 Å². The molecule has 1 aromatic rings. The normalized spacial score (nSPS) is 18.4. The first-order chi connectivity index (χ1) is 9.08. The molecule has 0 spiro atoms. The van der Waals surface area contributed by atoms with Gasteiger partial charge in [-0.3, -0.25) is 14.9 Å². The average molecular weight is 265 g/mol. The van der Waals surface area contributed by atoms with Crippen molar-refractivity contribution in [3.63, 3.8) is 0 Å². The molecule has 1 aromatic carbocycles. The molecule has 2 rings (SSSR count). The van der Waals surface area contributed by atoms with Crippen molar-refractivity contribution >= 4 is 11.6 Å². The Bertz CT molecular complexity index is 492. The van der Waals surface area contributed by atoms with Crippen molar-refractivity contribution in [2.45, 2.75) is 12.5 Å². The lowest BCUT2D eigenvalue weighted by atomic mass is 10.3. The van der Waals surface area contributed by atoms with Gasteiger partial charge in [0.05, 0.1) is 4.92 Å². The molecule has 0 radical (unpaired) electrons. The molecule has 102 valence electrons. The minimum absolute atomic E-state index is 0.00927. The number of likely N-dealkylation sites (tertiary alicyclic amines) is 1. The van der Waals surface area contributed by atoms with E-state index in [1.54, 1.807) is 17.0 Å². The summed E-state index contributed by atoms with van der Waals surface area (Å²) in [6.45, 7) is 0.914. The molecule has 0 aliphatic carbocycles. The maximum absolute atomic E-state index is 11.8. The van der Waals surface area contributed by atoms with Crippen molar-refractivity contribution in [1.82, 2.24) is 4.90 Å². The van der Waals surface area contributed by atoms with E-state index in [1.807, 2.05) is 0 Å². The van der Waals surface area contributed by atoms with Crippen LogP contribution in [-0.2, 0) is 4.79 Å². The first-order valence-corrected chi connectivity index (χ1v) is 5.97. The number of carbonyl (C=O) groups excluding carboxylic acids is 1. The third-order valence-corrected chi connectivity index (χ3v) is 2.99. The van der Waals surface area contributed by atoms with E-state index in [4.69, 9.17) is 10.5 Å². The Labute approximate surface area is 110 Å². The molecule has 1 saturated heterocycles. The quantitative estimate of drug-likeness (QED) is 0.632. The largest absolute Gasteiger partial charge is 0.477 e. The second-order valence-electron chi connectivity index (χ2n) is 4.40. The molecule has 7 heteroatoms. The summed E-state index contributed by atoms with van der Waals surface area (Å²) in [5.74, 6) is -0.101. The molecule has 1 aliphatic heterocycles. The number of nitrogens with zero attached hydrogens (tertiary/aromatic N) is 2. The number of rotatable bonds is 4. The fourth-order valence-corrected chi connectivity index (χ4v) is 1.97. The number of nitrogens with two attached hydrogens (primary N) is 1. The maximum atomic E-state index is 11.8. The lowest BCUT2D eigenvalue weighted by Crippen LogP contribution is -2.35. The van der Waals surface area contributed by atoms with Gasteiger partial charge in [-0.25, -0.2) is 0 Å². The molecule has 7 nitrogen and oxygen atoms in total. The zero-order chi connectivity index (χ0) is 13.8. The molecule has 0 bridgehead atoms. The van der Waals surface area contributed by atoms with Crippen LogP contribution in [0, 0.1) is 10.1 Å². The van der Waals surface area contributed by atoms with Crippen LogP contribution in [0.2, 0.25) is 0 Å². The van der Waals surface area contributed by atoms with E-state index in [0.717, 1.165) is 6.42 Å². The van der Waals surface area contributed by atoms with Crippen LogP contribution in [0.25, 0.3) is 0 Å². The second-order valence-corrected chi connectivity index (χ2v) is 4.40. The molecule has 19 heavy (non-hydrogen) atoms. The Morgan fingerprint density at radius 1 is 1.53 bits per heavy atom. The van der Waals surface area contributed by atoms with Gasteiger partial charge in [-0.2, -0.15) is 0 Å². The van der Waals surface area contributed by atoms with E-state index in [-0.39, 0.29) is 30.0 Å². The standard InChI is InChI=1S/C12H15N3O4/c13-9-5-6-14(7-9)12(16)8-19-11-4-2-1-3-10(11)15(17)18/h1-4,9H,5-8,13H2/t9-/m1/s1. The highest BCUT2D eigenvalue weighted by molar-refractivity contribution is 5.78. The summed E-state index contributed by atoms with van der Waals surface area (Å²) in [4.78, 5) is 23.7. The van der Waals surface area contributed by atoms with E-state index < -0.39 is 4.92 Å². The summed E-state index contributed by atoms with van der Waals surface area (Å²) in [6, 6.07) is 5.99. The minimum atomic E-state index is -0.536. The van der Waals surface area contributed by atoms with Crippen LogP contribution in [0.1, 0.15) is 6.42 Å². The number of ether oxygens (including phenoxy) is 1. The maximum Gasteiger partial charge on any atom is 0.310 e. The molecular weight excluding hydrogens is 250 g/mol. The first kappa shape index (κ1) is 13.3. The van der Waals surface area contributed by atoms with Crippen LogP contribution in [0.3, 0.4) is 0 Å².